The summed E-state index contributed by atoms with van der Waals surface area (Å²) in [4.78, 5) is 22.9. The number of nitro benzene ring substituents is 1. The summed E-state index contributed by atoms with van der Waals surface area (Å²) in [5.41, 5.74) is 6.51. The molecule has 0 radical (unpaired) electrons. The number of phosphoric acid groups is 1. The second-order valence-electron chi connectivity index (χ2n) is 7.52. The van der Waals surface area contributed by atoms with Gasteiger partial charge in [-0.3, -0.25) is 28.3 Å². The summed E-state index contributed by atoms with van der Waals surface area (Å²) in [7, 11) is -4.18. The molecule has 0 aliphatic carbocycles. The lowest BCUT2D eigenvalue weighted by atomic mass is 10.1. The van der Waals surface area contributed by atoms with Crippen molar-refractivity contribution in [2.75, 3.05) is 12.3 Å². The summed E-state index contributed by atoms with van der Waals surface area (Å²) >= 11 is 0. The molecule has 14 nitrogen and oxygen atoms in total. The first-order chi connectivity index (χ1) is 15.8. The summed E-state index contributed by atoms with van der Waals surface area (Å²) in [6.45, 7) is 1.30. The molecule has 0 saturated carbocycles. The smallest absolute Gasteiger partial charge is 0.386 e. The standard InChI is InChI=1S/C18H19N6O8P/c1-9(10-4-2-3-5-11(10)24(26)27)31-33(28)29-6-12-15(32-33)14(25)18(30-12)23-8-22-13-16(19)20-7-21-17(13)23/h2-5,7-9,12,14-15,18,25H,6H2,1H3,(H2,19,20,21). The Labute approximate surface area is 186 Å². The van der Waals surface area contributed by atoms with E-state index in [1.54, 1.807) is 6.07 Å². The molecular weight excluding hydrogens is 459 g/mol. The highest BCUT2D eigenvalue weighted by atomic mass is 31.2. The average molecular weight is 478 g/mol. The van der Waals surface area contributed by atoms with Crippen molar-refractivity contribution in [3.63, 3.8) is 0 Å². The minimum absolute atomic E-state index is 0.171. The van der Waals surface area contributed by atoms with Gasteiger partial charge in [-0.1, -0.05) is 12.1 Å². The summed E-state index contributed by atoms with van der Waals surface area (Å²) in [6, 6.07) is 5.92. The third-order valence-electron chi connectivity index (χ3n) is 5.48. The van der Waals surface area contributed by atoms with E-state index in [-0.39, 0.29) is 23.7 Å². The zero-order chi connectivity index (χ0) is 23.3. The van der Waals surface area contributed by atoms with Crippen molar-refractivity contribution in [3.05, 3.63) is 52.6 Å². The van der Waals surface area contributed by atoms with Gasteiger partial charge in [-0.25, -0.2) is 19.5 Å². The number of nitrogens with two attached hydrogens (primary N) is 1. The maximum Gasteiger partial charge on any atom is 0.475 e. The minimum atomic E-state index is -4.18. The molecule has 1 aromatic carbocycles. The number of hydrogen-bond acceptors (Lipinski definition) is 12. The van der Waals surface area contributed by atoms with Gasteiger partial charge in [0.15, 0.2) is 17.7 Å². The molecule has 6 unspecified atom stereocenters. The third-order valence-corrected chi connectivity index (χ3v) is 7.02. The normalized spacial score (nSPS) is 30.2. The molecule has 0 amide bonds. The Morgan fingerprint density at radius 3 is 2.94 bits per heavy atom. The van der Waals surface area contributed by atoms with Crippen LogP contribution in [0.15, 0.2) is 36.9 Å². The number of para-hydroxylation sites is 1. The first kappa shape index (κ1) is 21.8. The van der Waals surface area contributed by atoms with Gasteiger partial charge < -0.3 is 15.6 Å². The molecule has 33 heavy (non-hydrogen) atoms. The van der Waals surface area contributed by atoms with Crippen molar-refractivity contribution in [1.82, 2.24) is 19.5 Å². The van der Waals surface area contributed by atoms with E-state index in [0.29, 0.717) is 11.2 Å². The lowest BCUT2D eigenvalue weighted by molar-refractivity contribution is -0.386. The summed E-state index contributed by atoms with van der Waals surface area (Å²) < 4.78 is 36.9. The second kappa shape index (κ2) is 8.09. The predicted molar refractivity (Wildman–Crippen MR) is 111 cm³/mol. The molecule has 5 rings (SSSR count). The molecule has 3 aromatic rings. The highest BCUT2D eigenvalue weighted by Crippen LogP contribution is 2.59. The monoisotopic (exact) mass is 478 g/mol. The van der Waals surface area contributed by atoms with Crippen LogP contribution >= 0.6 is 7.82 Å². The number of aliphatic hydroxyl groups is 1. The minimum Gasteiger partial charge on any atom is -0.386 e. The number of anilines is 1. The second-order valence-corrected chi connectivity index (χ2v) is 9.09. The molecule has 4 heterocycles. The van der Waals surface area contributed by atoms with Crippen LogP contribution in [-0.4, -0.2) is 54.5 Å². The number of aliphatic hydroxyl groups excluding tert-OH is 1. The van der Waals surface area contributed by atoms with Gasteiger partial charge >= 0.3 is 7.82 Å². The van der Waals surface area contributed by atoms with Crippen LogP contribution in [-0.2, 0) is 22.9 Å². The zero-order valence-electron chi connectivity index (χ0n) is 17.1. The molecule has 2 aliphatic rings. The number of ether oxygens (including phenoxy) is 1. The van der Waals surface area contributed by atoms with Gasteiger partial charge in [0, 0.05) is 6.07 Å². The Morgan fingerprint density at radius 2 is 2.15 bits per heavy atom. The van der Waals surface area contributed by atoms with Crippen LogP contribution in [0.1, 0.15) is 24.8 Å². The van der Waals surface area contributed by atoms with E-state index in [2.05, 4.69) is 15.0 Å². The van der Waals surface area contributed by atoms with Crippen LogP contribution in [0.5, 0.6) is 0 Å². The van der Waals surface area contributed by atoms with E-state index < -0.39 is 43.4 Å². The Balaban J connectivity index is 1.36. The van der Waals surface area contributed by atoms with Crippen LogP contribution < -0.4 is 5.73 Å². The molecule has 2 fully saturated rings. The van der Waals surface area contributed by atoms with Crippen LogP contribution in [0.4, 0.5) is 11.5 Å². The van der Waals surface area contributed by atoms with Crippen molar-refractivity contribution >= 4 is 30.5 Å². The first-order valence-electron chi connectivity index (χ1n) is 9.88. The highest BCUT2D eigenvalue weighted by Gasteiger charge is 2.54. The Hall–Kier alpha value is -3.00. The van der Waals surface area contributed by atoms with Crippen molar-refractivity contribution in [3.8, 4) is 0 Å². The van der Waals surface area contributed by atoms with Crippen LogP contribution in [0.25, 0.3) is 11.2 Å². The Kier molecular flexibility index (Phi) is 5.35. The van der Waals surface area contributed by atoms with Crippen LogP contribution in [0.2, 0.25) is 0 Å². The van der Waals surface area contributed by atoms with Gasteiger partial charge in [-0.05, 0) is 13.0 Å². The van der Waals surface area contributed by atoms with E-state index in [9.17, 15) is 19.8 Å². The molecule has 15 heteroatoms. The summed E-state index contributed by atoms with van der Waals surface area (Å²) in [6.07, 6.45) is -2.38. The van der Waals surface area contributed by atoms with Crippen LogP contribution in [0, 0.1) is 10.1 Å². The zero-order valence-corrected chi connectivity index (χ0v) is 18.0. The lowest BCUT2D eigenvalue weighted by Gasteiger charge is -2.32. The molecule has 0 bridgehead atoms. The molecule has 3 N–H and O–H groups in total. The quantitative estimate of drug-likeness (QED) is 0.308. The number of rotatable bonds is 5. The number of phosphoric ester groups is 1. The number of aromatic nitrogens is 4. The number of benzene rings is 1. The fourth-order valence-electron chi connectivity index (χ4n) is 3.92. The first-order valence-corrected chi connectivity index (χ1v) is 11.3. The molecular formula is C18H19N6O8P. The fourth-order valence-corrected chi connectivity index (χ4v) is 5.48. The molecule has 2 aliphatic heterocycles. The maximum absolute atomic E-state index is 13.2. The van der Waals surface area contributed by atoms with Gasteiger partial charge in [-0.15, -0.1) is 0 Å². The Bertz CT molecular complexity index is 1270. The number of nitrogen functional groups attached to an aromatic ring is 1. The van der Waals surface area contributed by atoms with Gasteiger partial charge in [0.2, 0.25) is 0 Å². The Morgan fingerprint density at radius 1 is 1.36 bits per heavy atom. The predicted octanol–water partition coefficient (Wildman–Crippen LogP) is 1.88. The van der Waals surface area contributed by atoms with Gasteiger partial charge in [0.25, 0.3) is 5.69 Å². The van der Waals surface area contributed by atoms with E-state index in [0.717, 1.165) is 0 Å². The number of hydrogen-bond donors (Lipinski definition) is 2. The molecule has 0 spiro atoms. The van der Waals surface area contributed by atoms with Gasteiger partial charge in [0.05, 0.1) is 29.5 Å². The van der Waals surface area contributed by atoms with Gasteiger partial charge in [0.1, 0.15) is 30.2 Å². The van der Waals surface area contributed by atoms with E-state index in [1.807, 2.05) is 0 Å². The van der Waals surface area contributed by atoms with Crippen molar-refractivity contribution in [2.45, 2.75) is 37.6 Å². The molecule has 174 valence electrons. The molecule has 2 aromatic heterocycles. The number of nitro groups is 1. The van der Waals surface area contributed by atoms with Crippen LogP contribution in [0.3, 0.4) is 0 Å². The number of fused-ring (bicyclic) bond motifs is 2. The maximum atomic E-state index is 13.2. The fraction of sp³-hybridized carbons (Fsp3) is 0.389. The lowest BCUT2D eigenvalue weighted by Crippen LogP contribution is -2.39. The van der Waals surface area contributed by atoms with Crippen molar-refractivity contribution in [1.29, 1.82) is 0 Å². The van der Waals surface area contributed by atoms with Crippen molar-refractivity contribution < 1.29 is 32.9 Å². The van der Waals surface area contributed by atoms with E-state index in [4.69, 9.17) is 24.0 Å². The van der Waals surface area contributed by atoms with E-state index >= 15 is 0 Å². The average Bonchev–Trinajstić information content (AvgIpc) is 3.35. The van der Waals surface area contributed by atoms with Gasteiger partial charge in [-0.2, -0.15) is 0 Å². The number of nitrogens with zero attached hydrogens (tertiary/aromatic N) is 5. The molecule has 2 saturated heterocycles. The topological polar surface area (TPSA) is 187 Å². The van der Waals surface area contributed by atoms with Crippen molar-refractivity contribution in [2.24, 2.45) is 0 Å². The van der Waals surface area contributed by atoms with E-state index in [1.165, 1.54) is 42.3 Å². The summed E-state index contributed by atoms with van der Waals surface area (Å²) in [5.74, 6) is 0.171. The molecule has 6 atom stereocenters. The largest absolute Gasteiger partial charge is 0.475 e. The number of imidazole rings is 1. The summed E-state index contributed by atoms with van der Waals surface area (Å²) in [5, 5.41) is 22.2. The SMILES string of the molecule is CC(OP1(=O)OCC2OC(n3cnc4c(N)ncnc43)C(O)C2O1)c1ccccc1[N+](=O)[O-]. The third kappa shape index (κ3) is 3.76. The highest BCUT2D eigenvalue weighted by molar-refractivity contribution is 7.48.